The lowest BCUT2D eigenvalue weighted by Crippen LogP contribution is -2.07. The number of methoxy groups -OCH3 is 1. The molecule has 3 rings (SSSR count). The molecule has 120 valence electrons. The van der Waals surface area contributed by atoms with Gasteiger partial charge in [-0.3, -0.25) is 0 Å². The van der Waals surface area contributed by atoms with E-state index in [9.17, 15) is 5.11 Å². The lowest BCUT2D eigenvalue weighted by molar-refractivity contribution is 0.373. The summed E-state index contributed by atoms with van der Waals surface area (Å²) in [5.41, 5.74) is 0.859. The maximum atomic E-state index is 9.97. The minimum atomic E-state index is 0.114. The van der Waals surface area contributed by atoms with Crippen LogP contribution in [0.5, 0.6) is 11.5 Å². The van der Waals surface area contributed by atoms with Crippen LogP contribution in [-0.2, 0) is 6.42 Å². The fraction of sp³-hybridized carbons (Fsp3) is 0.278. The molecular formula is C18H20N2O3. The van der Waals surface area contributed by atoms with Gasteiger partial charge in [-0.15, -0.1) is 0 Å². The van der Waals surface area contributed by atoms with Crippen LogP contribution in [-0.4, -0.2) is 21.8 Å². The van der Waals surface area contributed by atoms with E-state index in [-0.39, 0.29) is 11.8 Å². The van der Waals surface area contributed by atoms with Gasteiger partial charge in [0.2, 0.25) is 0 Å². The summed E-state index contributed by atoms with van der Waals surface area (Å²) >= 11 is 0. The summed E-state index contributed by atoms with van der Waals surface area (Å²) in [5.74, 6) is 2.39. The average Bonchev–Trinajstić information content (AvgIpc) is 3.24. The van der Waals surface area contributed by atoms with Gasteiger partial charge in [-0.05, 0) is 43.7 Å². The van der Waals surface area contributed by atoms with E-state index >= 15 is 0 Å². The van der Waals surface area contributed by atoms with Crippen molar-refractivity contribution in [1.82, 2.24) is 9.55 Å². The summed E-state index contributed by atoms with van der Waals surface area (Å²) in [7, 11) is 1.53. The van der Waals surface area contributed by atoms with Crippen LogP contribution in [0.1, 0.15) is 25.1 Å². The summed E-state index contributed by atoms with van der Waals surface area (Å²) in [6.45, 7) is 2.15. The van der Waals surface area contributed by atoms with Gasteiger partial charge in [0.15, 0.2) is 11.5 Å². The van der Waals surface area contributed by atoms with Crippen molar-refractivity contribution < 1.29 is 14.3 Å². The van der Waals surface area contributed by atoms with E-state index < -0.39 is 0 Å². The van der Waals surface area contributed by atoms with E-state index in [4.69, 9.17) is 9.15 Å². The molecule has 0 aliphatic rings. The molecule has 1 atom stereocenters. The van der Waals surface area contributed by atoms with Crippen LogP contribution in [0.4, 0.5) is 0 Å². The topological polar surface area (TPSA) is 60.4 Å². The Morgan fingerprint density at radius 1 is 1.35 bits per heavy atom. The number of hydrogen-bond acceptors (Lipinski definition) is 4. The Morgan fingerprint density at radius 2 is 2.22 bits per heavy atom. The fourth-order valence-corrected chi connectivity index (χ4v) is 2.67. The lowest BCUT2D eigenvalue weighted by atomic mass is 10.1. The van der Waals surface area contributed by atoms with Gasteiger partial charge < -0.3 is 18.8 Å². The first-order valence-corrected chi connectivity index (χ1v) is 7.61. The Bertz CT molecular complexity index is 762. The molecule has 2 heterocycles. The van der Waals surface area contributed by atoms with Gasteiger partial charge in [-0.2, -0.15) is 0 Å². The minimum Gasteiger partial charge on any atom is -0.504 e. The van der Waals surface area contributed by atoms with E-state index in [1.165, 1.54) is 7.11 Å². The van der Waals surface area contributed by atoms with Crippen molar-refractivity contribution in [1.29, 1.82) is 0 Å². The van der Waals surface area contributed by atoms with Crippen molar-refractivity contribution in [3.8, 4) is 22.9 Å². The summed E-state index contributed by atoms with van der Waals surface area (Å²) in [5, 5.41) is 9.97. The Kier molecular flexibility index (Phi) is 4.37. The molecule has 5 nitrogen and oxygen atoms in total. The maximum absolute atomic E-state index is 9.97. The first-order valence-electron chi connectivity index (χ1n) is 7.61. The lowest BCUT2D eigenvalue weighted by Gasteiger charge is -2.16. The largest absolute Gasteiger partial charge is 0.504 e. The standard InChI is InChI=1S/C18H20N2O3/c1-13(5-7-15-4-3-11-23-15)20-10-9-19-18(20)14-6-8-17(22-2)16(21)12-14/h3-4,6,8-13,21H,5,7H2,1-2H3. The Morgan fingerprint density at radius 3 is 2.91 bits per heavy atom. The smallest absolute Gasteiger partial charge is 0.160 e. The Labute approximate surface area is 135 Å². The van der Waals surface area contributed by atoms with Crippen molar-refractivity contribution in [3.05, 3.63) is 54.7 Å². The number of phenolic OH excluding ortho intramolecular Hbond substituents is 1. The summed E-state index contributed by atoms with van der Waals surface area (Å²) < 4.78 is 12.6. The highest BCUT2D eigenvalue weighted by atomic mass is 16.5. The second kappa shape index (κ2) is 6.60. The molecule has 0 saturated heterocycles. The molecule has 0 aliphatic heterocycles. The van der Waals surface area contributed by atoms with Crippen molar-refractivity contribution in [2.24, 2.45) is 0 Å². The molecule has 0 aliphatic carbocycles. The second-order valence-corrected chi connectivity index (χ2v) is 5.51. The zero-order valence-electron chi connectivity index (χ0n) is 13.3. The third kappa shape index (κ3) is 3.23. The number of hydrogen-bond donors (Lipinski definition) is 1. The molecule has 0 radical (unpaired) electrons. The number of benzene rings is 1. The SMILES string of the molecule is COc1ccc(-c2nccn2C(C)CCc2ccco2)cc1O. The van der Waals surface area contributed by atoms with E-state index in [0.29, 0.717) is 5.75 Å². The fourth-order valence-electron chi connectivity index (χ4n) is 2.67. The van der Waals surface area contributed by atoms with Crippen LogP contribution in [0, 0.1) is 0 Å². The molecule has 0 bridgehead atoms. The number of aromatic nitrogens is 2. The Balaban J connectivity index is 1.80. The molecule has 0 spiro atoms. The average molecular weight is 312 g/mol. The highest BCUT2D eigenvalue weighted by Gasteiger charge is 2.14. The third-order valence-corrected chi connectivity index (χ3v) is 3.97. The molecule has 1 unspecified atom stereocenters. The predicted molar refractivity (Wildman–Crippen MR) is 87.6 cm³/mol. The molecule has 23 heavy (non-hydrogen) atoms. The number of imidazole rings is 1. The molecule has 5 heteroatoms. The first kappa shape index (κ1) is 15.2. The normalized spacial score (nSPS) is 12.3. The van der Waals surface area contributed by atoms with Crippen molar-refractivity contribution in [3.63, 3.8) is 0 Å². The van der Waals surface area contributed by atoms with E-state index in [0.717, 1.165) is 30.0 Å². The van der Waals surface area contributed by atoms with Crippen molar-refractivity contribution in [2.45, 2.75) is 25.8 Å². The van der Waals surface area contributed by atoms with Crippen molar-refractivity contribution >= 4 is 0 Å². The summed E-state index contributed by atoms with van der Waals surface area (Å²) in [6, 6.07) is 9.48. The van der Waals surface area contributed by atoms with E-state index in [1.807, 2.05) is 24.4 Å². The summed E-state index contributed by atoms with van der Waals surface area (Å²) in [6.07, 6.45) is 7.25. The second-order valence-electron chi connectivity index (χ2n) is 5.51. The van der Waals surface area contributed by atoms with Gasteiger partial charge in [0.1, 0.15) is 11.6 Å². The van der Waals surface area contributed by atoms with Crippen LogP contribution in [0.2, 0.25) is 0 Å². The molecule has 1 aromatic carbocycles. The number of aryl methyl sites for hydroxylation is 1. The quantitative estimate of drug-likeness (QED) is 0.746. The number of nitrogens with zero attached hydrogens (tertiary/aromatic N) is 2. The molecular weight excluding hydrogens is 292 g/mol. The van der Waals surface area contributed by atoms with Crippen LogP contribution in [0.25, 0.3) is 11.4 Å². The third-order valence-electron chi connectivity index (χ3n) is 3.97. The number of furan rings is 1. The zero-order valence-corrected chi connectivity index (χ0v) is 13.3. The number of aromatic hydroxyl groups is 1. The maximum Gasteiger partial charge on any atom is 0.160 e. The number of ether oxygens (including phenoxy) is 1. The van der Waals surface area contributed by atoms with Gasteiger partial charge in [-0.1, -0.05) is 0 Å². The highest BCUT2D eigenvalue weighted by molar-refractivity contribution is 5.61. The zero-order chi connectivity index (χ0) is 16.2. The molecule has 0 amide bonds. The molecule has 0 fully saturated rings. The van der Waals surface area contributed by atoms with E-state index in [1.54, 1.807) is 24.6 Å². The highest BCUT2D eigenvalue weighted by Crippen LogP contribution is 2.32. The van der Waals surface area contributed by atoms with E-state index in [2.05, 4.69) is 16.5 Å². The van der Waals surface area contributed by atoms with Gasteiger partial charge in [0.25, 0.3) is 0 Å². The van der Waals surface area contributed by atoms with Crippen molar-refractivity contribution in [2.75, 3.05) is 7.11 Å². The molecule has 2 aromatic heterocycles. The number of phenols is 1. The van der Waals surface area contributed by atoms with Gasteiger partial charge in [0, 0.05) is 30.4 Å². The minimum absolute atomic E-state index is 0.114. The first-order chi connectivity index (χ1) is 11.2. The van der Waals surface area contributed by atoms with Crippen LogP contribution >= 0.6 is 0 Å². The van der Waals surface area contributed by atoms with Gasteiger partial charge in [-0.25, -0.2) is 4.98 Å². The van der Waals surface area contributed by atoms with Crippen LogP contribution < -0.4 is 4.74 Å². The van der Waals surface area contributed by atoms with Crippen LogP contribution in [0.15, 0.2) is 53.4 Å². The monoisotopic (exact) mass is 312 g/mol. The summed E-state index contributed by atoms with van der Waals surface area (Å²) in [4.78, 5) is 4.44. The number of rotatable bonds is 6. The Hall–Kier alpha value is -2.69. The van der Waals surface area contributed by atoms with Gasteiger partial charge in [0.05, 0.1) is 13.4 Å². The molecule has 1 N–H and O–H groups in total. The van der Waals surface area contributed by atoms with Gasteiger partial charge >= 0.3 is 0 Å². The predicted octanol–water partition coefficient (Wildman–Crippen LogP) is 4.05. The molecule has 0 saturated carbocycles. The van der Waals surface area contributed by atoms with Crippen LogP contribution in [0.3, 0.4) is 0 Å². The molecule has 3 aromatic rings.